The van der Waals surface area contributed by atoms with Crippen LogP contribution in [0.15, 0.2) is 59.1 Å². The summed E-state index contributed by atoms with van der Waals surface area (Å²) in [6.07, 6.45) is 0. The lowest BCUT2D eigenvalue weighted by molar-refractivity contribution is -0.157. The number of hydrogen-bond acceptors (Lipinski definition) is 5. The van der Waals surface area contributed by atoms with E-state index in [4.69, 9.17) is 9.47 Å². The maximum Gasteiger partial charge on any atom is 0.321 e. The Kier molecular flexibility index (Phi) is 6.22. The van der Waals surface area contributed by atoms with Crippen molar-refractivity contribution in [2.24, 2.45) is 11.8 Å². The lowest BCUT2D eigenvalue weighted by atomic mass is 9.69. The highest BCUT2D eigenvalue weighted by Gasteiger charge is 2.58. The van der Waals surface area contributed by atoms with Gasteiger partial charge in [0, 0.05) is 16.0 Å². The first kappa shape index (κ1) is 21.2. The summed E-state index contributed by atoms with van der Waals surface area (Å²) >= 11 is 3.38. The van der Waals surface area contributed by atoms with Gasteiger partial charge < -0.3 is 9.47 Å². The first-order valence-electron chi connectivity index (χ1n) is 9.50. The topological polar surface area (TPSA) is 69.7 Å². The summed E-state index contributed by atoms with van der Waals surface area (Å²) in [4.78, 5) is 38.9. The number of cyclic esters (lactones) is 1. The van der Waals surface area contributed by atoms with Crippen molar-refractivity contribution in [3.8, 4) is 0 Å². The summed E-state index contributed by atoms with van der Waals surface area (Å²) in [5, 5.41) is 0. The average Bonchev–Trinajstić information content (AvgIpc) is 2.92. The quantitative estimate of drug-likeness (QED) is 0.360. The number of Topliss-reactive ketones (excluding diaryl/α,β-unsaturated/α-hetero) is 1. The van der Waals surface area contributed by atoms with Gasteiger partial charge in [0.2, 0.25) is 0 Å². The Bertz CT molecular complexity index is 905. The molecule has 2 aromatic carbocycles. The molecule has 1 saturated heterocycles. The third-order valence-electron chi connectivity index (χ3n) is 5.25. The molecular formula is C23H23BrO5. The van der Waals surface area contributed by atoms with Crippen LogP contribution in [0.4, 0.5) is 0 Å². The molecule has 2 aromatic rings. The molecule has 1 fully saturated rings. The number of esters is 2. The molecule has 3 atom stereocenters. The largest absolute Gasteiger partial charge is 0.465 e. The summed E-state index contributed by atoms with van der Waals surface area (Å²) in [5.74, 6) is -4.08. The number of ether oxygens (including phenoxy) is 2. The normalized spacial score (nSPS) is 21.3. The lowest BCUT2D eigenvalue weighted by Crippen LogP contribution is -2.41. The van der Waals surface area contributed by atoms with Crippen LogP contribution in [-0.2, 0) is 19.1 Å². The smallest absolute Gasteiger partial charge is 0.321 e. The highest BCUT2D eigenvalue weighted by molar-refractivity contribution is 9.10. The molecule has 0 bridgehead atoms. The number of benzene rings is 2. The zero-order valence-electron chi connectivity index (χ0n) is 16.6. The third kappa shape index (κ3) is 4.27. The molecule has 0 N–H and O–H groups in total. The van der Waals surface area contributed by atoms with E-state index in [-0.39, 0.29) is 12.4 Å². The molecule has 3 unspecified atom stereocenters. The second-order valence-electron chi connectivity index (χ2n) is 7.54. The zero-order valence-corrected chi connectivity index (χ0v) is 18.1. The van der Waals surface area contributed by atoms with E-state index in [2.05, 4.69) is 15.9 Å². The molecule has 0 spiro atoms. The molecule has 1 aliphatic rings. The molecule has 0 saturated carbocycles. The van der Waals surface area contributed by atoms with Gasteiger partial charge in [-0.2, -0.15) is 0 Å². The molecule has 152 valence electrons. The Hall–Kier alpha value is -2.47. The maximum atomic E-state index is 13.6. The van der Waals surface area contributed by atoms with Gasteiger partial charge in [-0.3, -0.25) is 14.4 Å². The fourth-order valence-electron chi connectivity index (χ4n) is 3.98. The van der Waals surface area contributed by atoms with Crippen LogP contribution in [0.3, 0.4) is 0 Å². The third-order valence-corrected chi connectivity index (χ3v) is 5.78. The standard InChI is InChI=1S/C23H23BrO5/c1-4-28-21(26)18-19(23(2,3)29-22(18)27)17(14-8-6-5-7-9-14)20(25)15-10-12-16(24)13-11-15/h5-13,17-19H,4H2,1-3H3. The second kappa shape index (κ2) is 8.49. The Morgan fingerprint density at radius 2 is 1.72 bits per heavy atom. The summed E-state index contributed by atoms with van der Waals surface area (Å²) in [6.45, 7) is 5.30. The second-order valence-corrected chi connectivity index (χ2v) is 8.46. The van der Waals surface area contributed by atoms with Crippen molar-refractivity contribution in [1.29, 1.82) is 0 Å². The number of ketones is 1. The van der Waals surface area contributed by atoms with E-state index in [1.807, 2.05) is 30.3 Å². The zero-order chi connectivity index (χ0) is 21.2. The molecule has 3 rings (SSSR count). The van der Waals surface area contributed by atoms with Gasteiger partial charge in [0.05, 0.1) is 12.5 Å². The van der Waals surface area contributed by atoms with Crippen LogP contribution in [-0.4, -0.2) is 29.9 Å². The first-order valence-corrected chi connectivity index (χ1v) is 10.3. The minimum Gasteiger partial charge on any atom is -0.465 e. The summed E-state index contributed by atoms with van der Waals surface area (Å²) in [6, 6.07) is 16.2. The van der Waals surface area contributed by atoms with E-state index in [0.29, 0.717) is 5.56 Å². The van der Waals surface area contributed by atoms with Crippen LogP contribution in [0.25, 0.3) is 0 Å². The molecule has 0 amide bonds. The molecule has 0 aliphatic carbocycles. The van der Waals surface area contributed by atoms with Gasteiger partial charge in [0.15, 0.2) is 11.7 Å². The number of carbonyl (C=O) groups excluding carboxylic acids is 3. The monoisotopic (exact) mass is 458 g/mol. The molecule has 1 aliphatic heterocycles. The van der Waals surface area contributed by atoms with E-state index in [1.54, 1.807) is 45.0 Å². The van der Waals surface area contributed by atoms with Crippen molar-refractivity contribution >= 4 is 33.7 Å². The SMILES string of the molecule is CCOC(=O)C1C(=O)OC(C)(C)C1C(C(=O)c1ccc(Br)cc1)c1ccccc1. The maximum absolute atomic E-state index is 13.6. The van der Waals surface area contributed by atoms with Gasteiger partial charge in [0.1, 0.15) is 5.60 Å². The molecule has 0 aromatic heterocycles. The Balaban J connectivity index is 2.13. The number of rotatable bonds is 6. The lowest BCUT2D eigenvalue weighted by Gasteiger charge is -2.33. The summed E-state index contributed by atoms with van der Waals surface area (Å²) in [5.41, 5.74) is 0.214. The highest BCUT2D eigenvalue weighted by atomic mass is 79.9. The van der Waals surface area contributed by atoms with Crippen molar-refractivity contribution in [2.45, 2.75) is 32.3 Å². The van der Waals surface area contributed by atoms with Crippen molar-refractivity contribution < 1.29 is 23.9 Å². The molecule has 6 heteroatoms. The predicted octanol–water partition coefficient (Wildman–Crippen LogP) is 4.55. The van der Waals surface area contributed by atoms with Crippen LogP contribution in [0.5, 0.6) is 0 Å². The van der Waals surface area contributed by atoms with E-state index in [9.17, 15) is 14.4 Å². The van der Waals surface area contributed by atoms with Crippen molar-refractivity contribution in [1.82, 2.24) is 0 Å². The first-order chi connectivity index (χ1) is 13.8. The van der Waals surface area contributed by atoms with Crippen LogP contribution >= 0.6 is 15.9 Å². The fourth-order valence-corrected chi connectivity index (χ4v) is 4.25. The molecule has 1 heterocycles. The van der Waals surface area contributed by atoms with E-state index < -0.39 is 35.3 Å². The Morgan fingerprint density at radius 3 is 2.31 bits per heavy atom. The number of halogens is 1. The minimum atomic E-state index is -1.16. The van der Waals surface area contributed by atoms with E-state index >= 15 is 0 Å². The fraction of sp³-hybridized carbons (Fsp3) is 0.348. The van der Waals surface area contributed by atoms with Gasteiger partial charge in [-0.05, 0) is 38.5 Å². The van der Waals surface area contributed by atoms with Gasteiger partial charge in [-0.15, -0.1) is 0 Å². The number of carbonyl (C=O) groups is 3. The molecule has 5 nitrogen and oxygen atoms in total. The average molecular weight is 459 g/mol. The van der Waals surface area contributed by atoms with Crippen molar-refractivity contribution in [3.63, 3.8) is 0 Å². The Morgan fingerprint density at radius 1 is 1.10 bits per heavy atom. The molecule has 29 heavy (non-hydrogen) atoms. The Labute approximate surface area is 178 Å². The summed E-state index contributed by atoms with van der Waals surface area (Å²) in [7, 11) is 0. The summed E-state index contributed by atoms with van der Waals surface area (Å²) < 4.78 is 11.6. The van der Waals surface area contributed by atoms with Gasteiger partial charge in [-0.25, -0.2) is 0 Å². The van der Waals surface area contributed by atoms with Crippen LogP contribution in [0.2, 0.25) is 0 Å². The minimum absolute atomic E-state index is 0.145. The molecular weight excluding hydrogens is 436 g/mol. The van der Waals surface area contributed by atoms with Gasteiger partial charge in [-0.1, -0.05) is 58.4 Å². The van der Waals surface area contributed by atoms with Gasteiger partial charge >= 0.3 is 11.9 Å². The predicted molar refractivity (Wildman–Crippen MR) is 111 cm³/mol. The van der Waals surface area contributed by atoms with Crippen LogP contribution in [0.1, 0.15) is 42.6 Å². The van der Waals surface area contributed by atoms with Crippen LogP contribution in [0, 0.1) is 11.8 Å². The van der Waals surface area contributed by atoms with Gasteiger partial charge in [0.25, 0.3) is 0 Å². The number of hydrogen-bond donors (Lipinski definition) is 0. The molecule has 0 radical (unpaired) electrons. The van der Waals surface area contributed by atoms with Crippen LogP contribution < -0.4 is 0 Å². The van der Waals surface area contributed by atoms with E-state index in [0.717, 1.165) is 10.0 Å². The van der Waals surface area contributed by atoms with Crippen molar-refractivity contribution in [3.05, 3.63) is 70.2 Å². The van der Waals surface area contributed by atoms with E-state index in [1.165, 1.54) is 0 Å². The highest BCUT2D eigenvalue weighted by Crippen LogP contribution is 2.47. The van der Waals surface area contributed by atoms with Crippen molar-refractivity contribution in [2.75, 3.05) is 6.61 Å².